The van der Waals surface area contributed by atoms with Gasteiger partial charge in [0.15, 0.2) is 23.2 Å². The summed E-state index contributed by atoms with van der Waals surface area (Å²) >= 11 is 0. The molecule has 10 heteroatoms. The van der Waals surface area contributed by atoms with Gasteiger partial charge in [-0.15, -0.1) is 10.2 Å². The highest BCUT2D eigenvalue weighted by atomic mass is 16.6. The molecule has 0 aromatic carbocycles. The van der Waals surface area contributed by atoms with E-state index in [1.165, 1.54) is 10.9 Å². The van der Waals surface area contributed by atoms with Gasteiger partial charge in [0.05, 0.1) is 12.9 Å². The molecule has 1 fully saturated rings. The summed E-state index contributed by atoms with van der Waals surface area (Å²) in [7, 11) is 0. The van der Waals surface area contributed by atoms with Gasteiger partial charge < -0.3 is 25.8 Å². The molecule has 0 bridgehead atoms. The molecular weight excluding hydrogens is 256 g/mol. The highest BCUT2D eigenvalue weighted by Gasteiger charge is 2.44. The van der Waals surface area contributed by atoms with Crippen LogP contribution < -0.4 is 5.73 Å². The minimum atomic E-state index is -1.22. The van der Waals surface area contributed by atoms with Gasteiger partial charge in [-0.25, -0.2) is 4.98 Å². The first-order valence-electron chi connectivity index (χ1n) is 5.57. The van der Waals surface area contributed by atoms with Gasteiger partial charge in [0.2, 0.25) is 0 Å². The molecule has 102 valence electrons. The number of fused-ring (bicyclic) bond motifs is 1. The molecule has 0 amide bonds. The summed E-state index contributed by atoms with van der Waals surface area (Å²) in [5.41, 5.74) is 6.21. The second kappa shape index (κ2) is 4.35. The number of nitrogen functional groups attached to an aromatic ring is 1. The number of ether oxygens (including phenoxy) is 1. The van der Waals surface area contributed by atoms with Gasteiger partial charge in [-0.3, -0.25) is 4.57 Å². The van der Waals surface area contributed by atoms with E-state index < -0.39 is 31.1 Å². The third-order valence-electron chi connectivity index (χ3n) is 3.09. The van der Waals surface area contributed by atoms with Crippen molar-refractivity contribution in [3.05, 3.63) is 6.33 Å². The quantitative estimate of drug-likeness (QED) is 0.459. The second-order valence-corrected chi connectivity index (χ2v) is 4.23. The fourth-order valence-corrected chi connectivity index (χ4v) is 2.09. The highest BCUT2D eigenvalue weighted by Crippen LogP contribution is 2.31. The number of aromatic nitrogens is 5. The molecule has 0 spiro atoms. The fraction of sp³-hybridized carbons (Fsp3) is 0.556. The summed E-state index contributed by atoms with van der Waals surface area (Å²) in [5, 5.41) is 39.5. The number of imidazole rings is 1. The molecule has 0 radical (unpaired) electrons. The van der Waals surface area contributed by atoms with Crippen molar-refractivity contribution in [2.24, 2.45) is 0 Å². The van der Waals surface area contributed by atoms with Gasteiger partial charge in [0.1, 0.15) is 18.3 Å². The zero-order valence-corrected chi connectivity index (χ0v) is 9.66. The van der Waals surface area contributed by atoms with Crippen molar-refractivity contribution in [1.29, 1.82) is 0 Å². The number of aliphatic hydroxyl groups excluding tert-OH is 3. The van der Waals surface area contributed by atoms with Gasteiger partial charge in [0, 0.05) is 0 Å². The molecular formula is C9H12N6O4. The Morgan fingerprint density at radius 3 is 2.79 bits per heavy atom. The van der Waals surface area contributed by atoms with Crippen molar-refractivity contribution in [2.75, 3.05) is 12.3 Å². The summed E-state index contributed by atoms with van der Waals surface area (Å²) < 4.78 is 6.76. The predicted molar refractivity (Wildman–Crippen MR) is 60.5 cm³/mol. The molecule has 1 aliphatic heterocycles. The molecule has 3 heterocycles. The average Bonchev–Trinajstić information content (AvgIpc) is 2.94. The van der Waals surface area contributed by atoms with Crippen molar-refractivity contribution >= 4 is 17.0 Å². The predicted octanol–water partition coefficient (Wildman–Crippen LogP) is -2.58. The van der Waals surface area contributed by atoms with Gasteiger partial charge in [-0.2, -0.15) is 0 Å². The Kier molecular flexibility index (Phi) is 2.78. The number of rotatable bonds is 2. The number of hydrogen-bond donors (Lipinski definition) is 4. The van der Waals surface area contributed by atoms with E-state index >= 15 is 0 Å². The van der Waals surface area contributed by atoms with Gasteiger partial charge in [0.25, 0.3) is 0 Å². The van der Waals surface area contributed by atoms with E-state index in [0.717, 1.165) is 0 Å². The zero-order chi connectivity index (χ0) is 13.6. The standard InChI is InChI=1S/C9H12N6O4/c10-7-4-8(13-14-12-7)15(2-11-4)9-6(18)5(17)3(1-16)19-9/h2-3,5-6,9,16-18H,1H2,(H2,10,12,13)/t3-,5-,6-,9-/m1/s1. The maximum absolute atomic E-state index is 9.93. The smallest absolute Gasteiger partial charge is 0.190 e. The Balaban J connectivity index is 2.04. The van der Waals surface area contributed by atoms with E-state index in [1.54, 1.807) is 0 Å². The first-order chi connectivity index (χ1) is 9.13. The molecule has 0 unspecified atom stereocenters. The van der Waals surface area contributed by atoms with E-state index in [9.17, 15) is 10.2 Å². The summed E-state index contributed by atoms with van der Waals surface area (Å²) in [6.07, 6.45) is -2.85. The first kappa shape index (κ1) is 12.2. The van der Waals surface area contributed by atoms with Crippen LogP contribution in [0.2, 0.25) is 0 Å². The molecule has 4 atom stereocenters. The Labute approximate surface area is 106 Å². The van der Waals surface area contributed by atoms with Gasteiger partial charge in [-0.1, -0.05) is 0 Å². The fourth-order valence-electron chi connectivity index (χ4n) is 2.09. The van der Waals surface area contributed by atoms with Crippen molar-refractivity contribution in [3.63, 3.8) is 0 Å². The van der Waals surface area contributed by atoms with E-state index in [2.05, 4.69) is 20.4 Å². The van der Waals surface area contributed by atoms with Crippen molar-refractivity contribution in [2.45, 2.75) is 24.5 Å². The molecule has 2 aromatic heterocycles. The van der Waals surface area contributed by atoms with E-state index in [1.807, 2.05) is 0 Å². The number of nitrogens with two attached hydrogens (primary N) is 1. The normalized spacial score (nSPS) is 31.1. The monoisotopic (exact) mass is 268 g/mol. The van der Waals surface area contributed by atoms with Crippen LogP contribution in [-0.2, 0) is 4.74 Å². The molecule has 10 nitrogen and oxygen atoms in total. The SMILES string of the molecule is Nc1nnnc2c1ncn2[C@@H]1O[C@H](CO)[C@@H](O)[C@H]1O. The van der Waals surface area contributed by atoms with E-state index in [4.69, 9.17) is 15.6 Å². The lowest BCUT2D eigenvalue weighted by atomic mass is 10.1. The van der Waals surface area contributed by atoms with Crippen molar-refractivity contribution in [3.8, 4) is 0 Å². The second-order valence-electron chi connectivity index (χ2n) is 4.23. The summed E-state index contributed by atoms with van der Waals surface area (Å²) in [5.74, 6) is 0.107. The lowest BCUT2D eigenvalue weighted by molar-refractivity contribution is -0.0511. The number of aliphatic hydroxyl groups is 3. The summed E-state index contributed by atoms with van der Waals surface area (Å²) in [6, 6.07) is 0. The minimum Gasteiger partial charge on any atom is -0.394 e. The van der Waals surface area contributed by atoms with E-state index in [0.29, 0.717) is 5.52 Å². The average molecular weight is 268 g/mol. The largest absolute Gasteiger partial charge is 0.394 e. The van der Waals surface area contributed by atoms with Crippen molar-refractivity contribution in [1.82, 2.24) is 25.0 Å². The molecule has 3 rings (SSSR count). The van der Waals surface area contributed by atoms with Crippen LogP contribution in [0.4, 0.5) is 5.82 Å². The summed E-state index contributed by atoms with van der Waals surface area (Å²) in [4.78, 5) is 4.01. The third-order valence-corrected chi connectivity index (χ3v) is 3.09. The van der Waals surface area contributed by atoms with Gasteiger partial charge >= 0.3 is 0 Å². The van der Waals surface area contributed by atoms with Gasteiger partial charge in [-0.05, 0) is 5.21 Å². The van der Waals surface area contributed by atoms with Crippen LogP contribution in [0.3, 0.4) is 0 Å². The third kappa shape index (κ3) is 1.73. The molecule has 1 aliphatic rings. The summed E-state index contributed by atoms with van der Waals surface area (Å²) in [6.45, 7) is -0.406. The van der Waals surface area contributed by atoms with Crippen LogP contribution in [0.15, 0.2) is 6.33 Å². The molecule has 5 N–H and O–H groups in total. The lowest BCUT2D eigenvalue weighted by Gasteiger charge is -2.15. The Bertz CT molecular complexity index is 603. The highest BCUT2D eigenvalue weighted by molar-refractivity contribution is 5.80. The number of hydrogen-bond acceptors (Lipinski definition) is 9. The molecule has 1 saturated heterocycles. The number of anilines is 1. The van der Waals surface area contributed by atoms with Crippen LogP contribution in [0, 0.1) is 0 Å². The van der Waals surface area contributed by atoms with Crippen LogP contribution >= 0.6 is 0 Å². The van der Waals surface area contributed by atoms with Crippen LogP contribution in [0.25, 0.3) is 11.2 Å². The van der Waals surface area contributed by atoms with Crippen LogP contribution in [0.5, 0.6) is 0 Å². The Hall–Kier alpha value is -1.88. The topological polar surface area (TPSA) is 152 Å². The van der Waals surface area contributed by atoms with Crippen molar-refractivity contribution < 1.29 is 20.1 Å². The first-order valence-corrected chi connectivity index (χ1v) is 5.57. The van der Waals surface area contributed by atoms with Crippen LogP contribution in [-0.4, -0.2) is 65.2 Å². The molecule has 0 aliphatic carbocycles. The zero-order valence-electron chi connectivity index (χ0n) is 9.66. The van der Waals surface area contributed by atoms with E-state index in [-0.39, 0.29) is 11.5 Å². The van der Waals surface area contributed by atoms with Crippen LogP contribution in [0.1, 0.15) is 6.23 Å². The lowest BCUT2D eigenvalue weighted by Crippen LogP contribution is -2.33. The Morgan fingerprint density at radius 1 is 1.32 bits per heavy atom. The number of nitrogens with zero attached hydrogens (tertiary/aromatic N) is 5. The maximum atomic E-state index is 9.93. The molecule has 2 aromatic rings. The minimum absolute atomic E-state index is 0.107. The maximum Gasteiger partial charge on any atom is 0.190 e. The Morgan fingerprint density at radius 2 is 2.11 bits per heavy atom. The molecule has 0 saturated carbocycles. The molecule has 19 heavy (non-hydrogen) atoms.